The summed E-state index contributed by atoms with van der Waals surface area (Å²) >= 11 is 0. The van der Waals surface area contributed by atoms with Gasteiger partial charge in [-0.15, -0.1) is 0 Å². The number of piperazine rings is 1. The second-order valence-corrected chi connectivity index (χ2v) is 5.33. The highest BCUT2D eigenvalue weighted by Gasteiger charge is 2.26. The molecule has 0 saturated carbocycles. The molecule has 5 heteroatoms. The zero-order chi connectivity index (χ0) is 15.2. The van der Waals surface area contributed by atoms with E-state index in [2.05, 4.69) is 11.0 Å². The lowest BCUT2D eigenvalue weighted by Crippen LogP contribution is -2.51. The molecule has 5 nitrogen and oxygen atoms in total. The van der Waals surface area contributed by atoms with Crippen LogP contribution in [0.1, 0.15) is 13.3 Å². The summed E-state index contributed by atoms with van der Waals surface area (Å²) in [6.07, 6.45) is 0.808. The Bertz CT molecular complexity index is 466. The minimum atomic E-state index is -0.0391. The summed E-state index contributed by atoms with van der Waals surface area (Å²) in [7, 11) is 1.69. The van der Waals surface area contributed by atoms with Crippen LogP contribution in [0.25, 0.3) is 0 Å². The molecule has 2 rings (SSSR count). The van der Waals surface area contributed by atoms with Crippen molar-refractivity contribution >= 4 is 11.6 Å². The van der Waals surface area contributed by atoms with Gasteiger partial charge in [0, 0.05) is 32.7 Å². The van der Waals surface area contributed by atoms with E-state index >= 15 is 0 Å². The zero-order valence-electron chi connectivity index (χ0n) is 12.9. The van der Waals surface area contributed by atoms with Crippen LogP contribution in [0.2, 0.25) is 0 Å². The SMILES string of the molecule is CCC(CN)C(=O)N1CCN(c2ccccc2OC)CC1. The highest BCUT2D eigenvalue weighted by atomic mass is 16.5. The quantitative estimate of drug-likeness (QED) is 0.889. The van der Waals surface area contributed by atoms with E-state index in [9.17, 15) is 4.79 Å². The summed E-state index contributed by atoms with van der Waals surface area (Å²) < 4.78 is 5.41. The molecule has 0 bridgehead atoms. The van der Waals surface area contributed by atoms with Crippen LogP contribution in [0.3, 0.4) is 0 Å². The molecule has 1 amide bonds. The number of methoxy groups -OCH3 is 1. The van der Waals surface area contributed by atoms with Crippen LogP contribution in [0.15, 0.2) is 24.3 Å². The van der Waals surface area contributed by atoms with Crippen molar-refractivity contribution in [3.8, 4) is 5.75 Å². The fraction of sp³-hybridized carbons (Fsp3) is 0.562. The Labute approximate surface area is 126 Å². The Kier molecular flexibility index (Phi) is 5.44. The molecule has 1 aromatic rings. The number of hydrogen-bond acceptors (Lipinski definition) is 4. The van der Waals surface area contributed by atoms with Crippen molar-refractivity contribution in [3.05, 3.63) is 24.3 Å². The van der Waals surface area contributed by atoms with E-state index in [0.717, 1.165) is 44.0 Å². The summed E-state index contributed by atoms with van der Waals surface area (Å²) in [5.41, 5.74) is 6.77. The maximum absolute atomic E-state index is 12.3. The van der Waals surface area contributed by atoms with Gasteiger partial charge in [-0.05, 0) is 18.6 Å². The molecule has 21 heavy (non-hydrogen) atoms. The van der Waals surface area contributed by atoms with Crippen molar-refractivity contribution in [2.45, 2.75) is 13.3 Å². The number of ether oxygens (including phenoxy) is 1. The normalized spacial score (nSPS) is 16.7. The molecule has 2 N–H and O–H groups in total. The first-order chi connectivity index (χ1) is 10.2. The van der Waals surface area contributed by atoms with Gasteiger partial charge in [0.15, 0.2) is 0 Å². The molecule has 1 fully saturated rings. The first kappa shape index (κ1) is 15.6. The Morgan fingerprint density at radius 1 is 1.29 bits per heavy atom. The molecule has 1 aliphatic heterocycles. The predicted octanol–water partition coefficient (Wildman–Crippen LogP) is 1.33. The van der Waals surface area contributed by atoms with E-state index in [1.165, 1.54) is 0 Å². The highest BCUT2D eigenvalue weighted by Crippen LogP contribution is 2.28. The van der Waals surface area contributed by atoms with Crippen molar-refractivity contribution in [2.75, 3.05) is 44.7 Å². The summed E-state index contributed by atoms with van der Waals surface area (Å²) in [6, 6.07) is 8.01. The van der Waals surface area contributed by atoms with Gasteiger partial charge in [-0.2, -0.15) is 0 Å². The molecule has 1 atom stereocenters. The fourth-order valence-corrected chi connectivity index (χ4v) is 2.76. The first-order valence-electron chi connectivity index (χ1n) is 7.58. The average molecular weight is 291 g/mol. The van der Waals surface area contributed by atoms with Gasteiger partial charge in [-0.1, -0.05) is 19.1 Å². The third kappa shape index (κ3) is 3.47. The molecule has 1 aromatic carbocycles. The summed E-state index contributed by atoms with van der Waals surface area (Å²) in [4.78, 5) is 16.5. The van der Waals surface area contributed by atoms with Gasteiger partial charge in [0.2, 0.25) is 5.91 Å². The standard InChI is InChI=1S/C16H25N3O2/c1-3-13(12-17)16(20)19-10-8-18(9-11-19)14-6-4-5-7-15(14)21-2/h4-7,13H,3,8-12,17H2,1-2H3. The number of amides is 1. The lowest BCUT2D eigenvalue weighted by Gasteiger charge is -2.37. The topological polar surface area (TPSA) is 58.8 Å². The number of carbonyl (C=O) groups is 1. The molecule has 1 saturated heterocycles. The molecule has 0 spiro atoms. The van der Waals surface area contributed by atoms with Gasteiger partial charge in [0.25, 0.3) is 0 Å². The van der Waals surface area contributed by atoms with Crippen molar-refractivity contribution < 1.29 is 9.53 Å². The lowest BCUT2D eigenvalue weighted by atomic mass is 10.0. The second kappa shape index (κ2) is 7.31. The lowest BCUT2D eigenvalue weighted by molar-refractivity contribution is -0.135. The van der Waals surface area contributed by atoms with Gasteiger partial charge in [0.1, 0.15) is 5.75 Å². The minimum Gasteiger partial charge on any atom is -0.495 e. The van der Waals surface area contributed by atoms with Crippen LogP contribution in [0.5, 0.6) is 5.75 Å². The van der Waals surface area contributed by atoms with E-state index in [4.69, 9.17) is 10.5 Å². The number of benzene rings is 1. The maximum atomic E-state index is 12.3. The van der Waals surface area contributed by atoms with Crippen molar-refractivity contribution in [2.24, 2.45) is 11.7 Å². The maximum Gasteiger partial charge on any atom is 0.227 e. The summed E-state index contributed by atoms with van der Waals surface area (Å²) in [6.45, 7) is 5.59. The highest BCUT2D eigenvalue weighted by molar-refractivity contribution is 5.79. The third-order valence-electron chi connectivity index (χ3n) is 4.14. The number of hydrogen-bond donors (Lipinski definition) is 1. The van der Waals surface area contributed by atoms with Gasteiger partial charge >= 0.3 is 0 Å². The molecule has 116 valence electrons. The van der Waals surface area contributed by atoms with Crippen LogP contribution in [-0.2, 0) is 4.79 Å². The van der Waals surface area contributed by atoms with Crippen LogP contribution in [-0.4, -0.2) is 50.6 Å². The monoisotopic (exact) mass is 291 g/mol. The van der Waals surface area contributed by atoms with Crippen LogP contribution in [0.4, 0.5) is 5.69 Å². The Morgan fingerprint density at radius 2 is 1.95 bits per heavy atom. The number of anilines is 1. The van der Waals surface area contributed by atoms with Crippen molar-refractivity contribution in [3.63, 3.8) is 0 Å². The van der Waals surface area contributed by atoms with E-state index in [1.807, 2.05) is 30.0 Å². The molecular weight excluding hydrogens is 266 g/mol. The van der Waals surface area contributed by atoms with Crippen molar-refractivity contribution in [1.82, 2.24) is 4.90 Å². The van der Waals surface area contributed by atoms with Gasteiger partial charge in [0.05, 0.1) is 18.7 Å². The van der Waals surface area contributed by atoms with E-state index in [-0.39, 0.29) is 11.8 Å². The van der Waals surface area contributed by atoms with E-state index in [0.29, 0.717) is 6.54 Å². The Balaban J connectivity index is 1.98. The molecular formula is C16H25N3O2. The first-order valence-corrected chi connectivity index (χ1v) is 7.58. The molecule has 0 aromatic heterocycles. The van der Waals surface area contributed by atoms with Gasteiger partial charge < -0.3 is 20.3 Å². The summed E-state index contributed by atoms with van der Waals surface area (Å²) in [5, 5.41) is 0. The van der Waals surface area contributed by atoms with Crippen LogP contribution >= 0.6 is 0 Å². The van der Waals surface area contributed by atoms with Crippen molar-refractivity contribution in [1.29, 1.82) is 0 Å². The zero-order valence-corrected chi connectivity index (χ0v) is 12.9. The Hall–Kier alpha value is -1.75. The number of rotatable bonds is 5. The minimum absolute atomic E-state index is 0.0391. The molecule has 0 aliphatic carbocycles. The smallest absolute Gasteiger partial charge is 0.227 e. The molecule has 1 aliphatic rings. The molecule has 1 unspecified atom stereocenters. The number of nitrogens with two attached hydrogens (primary N) is 1. The predicted molar refractivity (Wildman–Crippen MR) is 84.6 cm³/mol. The largest absolute Gasteiger partial charge is 0.495 e. The van der Waals surface area contributed by atoms with Crippen LogP contribution < -0.4 is 15.4 Å². The van der Waals surface area contributed by atoms with Gasteiger partial charge in [-0.3, -0.25) is 4.79 Å². The summed E-state index contributed by atoms with van der Waals surface area (Å²) in [5.74, 6) is 1.04. The number of nitrogens with zero attached hydrogens (tertiary/aromatic N) is 2. The second-order valence-electron chi connectivity index (χ2n) is 5.33. The van der Waals surface area contributed by atoms with Gasteiger partial charge in [-0.25, -0.2) is 0 Å². The van der Waals surface area contributed by atoms with E-state index in [1.54, 1.807) is 7.11 Å². The number of carbonyl (C=O) groups excluding carboxylic acids is 1. The van der Waals surface area contributed by atoms with Crippen LogP contribution in [0, 0.1) is 5.92 Å². The third-order valence-corrected chi connectivity index (χ3v) is 4.14. The molecule has 1 heterocycles. The van der Waals surface area contributed by atoms with E-state index < -0.39 is 0 Å². The molecule has 0 radical (unpaired) electrons. The average Bonchev–Trinajstić information content (AvgIpc) is 2.56. The fourth-order valence-electron chi connectivity index (χ4n) is 2.76. The number of para-hydroxylation sites is 2. The Morgan fingerprint density at radius 3 is 2.52 bits per heavy atom.